The number of ether oxygens (including phenoxy) is 1. The fourth-order valence-corrected chi connectivity index (χ4v) is 3.89. The second-order valence-electron chi connectivity index (χ2n) is 7.67. The number of carbonyl (C=O) groups excluding carboxylic acids is 2. The average molecular weight is 496 g/mol. The number of esters is 1. The van der Waals surface area contributed by atoms with Crippen LogP contribution in [0.15, 0.2) is 33.5 Å². The van der Waals surface area contributed by atoms with Crippen molar-refractivity contribution in [1.29, 1.82) is 0 Å². The van der Waals surface area contributed by atoms with Crippen LogP contribution in [0, 0.1) is 11.7 Å². The molecule has 1 aliphatic carbocycles. The van der Waals surface area contributed by atoms with Gasteiger partial charge in [-0.25, -0.2) is 9.18 Å². The smallest absolute Gasteiger partial charge is 0.342 e. The molecule has 31 heavy (non-hydrogen) atoms. The third-order valence-corrected chi connectivity index (χ3v) is 5.93. The van der Waals surface area contributed by atoms with E-state index in [9.17, 15) is 29.0 Å². The lowest BCUT2D eigenvalue weighted by Gasteiger charge is -2.25. The number of amides is 1. The molecule has 164 valence electrons. The monoisotopic (exact) mass is 495 g/mol. The largest absolute Gasteiger partial charge is 0.462 e. The fraction of sp³-hybridized carbons (Fsp3) is 0.350. The average Bonchev–Trinajstić information content (AvgIpc) is 3.49. The first-order valence-electron chi connectivity index (χ1n) is 9.50. The SMILES string of the molecule is NC(=O)C1(O)c2c(C(=O)OCC3CC3)c(Nc3ccc(Br)cc3F)cc(=O)n2CC1O. The number of anilines is 2. The highest BCUT2D eigenvalue weighted by Gasteiger charge is 2.54. The summed E-state index contributed by atoms with van der Waals surface area (Å²) in [6.45, 7) is -0.343. The van der Waals surface area contributed by atoms with Crippen molar-refractivity contribution in [3.63, 3.8) is 0 Å². The number of aliphatic hydroxyl groups excluding tert-OH is 1. The maximum absolute atomic E-state index is 14.4. The summed E-state index contributed by atoms with van der Waals surface area (Å²) >= 11 is 3.14. The van der Waals surface area contributed by atoms with Crippen molar-refractivity contribution in [3.05, 3.63) is 56.2 Å². The molecule has 9 nitrogen and oxygen atoms in total. The lowest BCUT2D eigenvalue weighted by atomic mass is 9.91. The Labute approximate surface area is 183 Å². The van der Waals surface area contributed by atoms with Gasteiger partial charge in [0.15, 0.2) is 0 Å². The Balaban J connectivity index is 1.89. The molecule has 1 fully saturated rings. The first-order chi connectivity index (χ1) is 14.6. The Morgan fingerprint density at radius 3 is 2.65 bits per heavy atom. The molecular formula is C20H19BrFN3O6. The molecule has 4 rings (SSSR count). The van der Waals surface area contributed by atoms with Gasteiger partial charge in [-0.1, -0.05) is 15.9 Å². The zero-order chi connectivity index (χ0) is 22.5. The zero-order valence-corrected chi connectivity index (χ0v) is 17.7. The molecule has 1 saturated carbocycles. The Hall–Kier alpha value is -2.76. The second kappa shape index (κ2) is 7.74. The number of benzene rings is 1. The van der Waals surface area contributed by atoms with Gasteiger partial charge in [-0.3, -0.25) is 9.59 Å². The van der Waals surface area contributed by atoms with Crippen LogP contribution in [0.2, 0.25) is 0 Å². The molecule has 0 spiro atoms. The van der Waals surface area contributed by atoms with E-state index in [2.05, 4.69) is 21.2 Å². The molecule has 11 heteroatoms. The Morgan fingerprint density at radius 2 is 2.03 bits per heavy atom. The van der Waals surface area contributed by atoms with Crippen molar-refractivity contribution in [3.8, 4) is 0 Å². The number of nitrogens with zero attached hydrogens (tertiary/aromatic N) is 1. The van der Waals surface area contributed by atoms with Crippen LogP contribution in [0.3, 0.4) is 0 Å². The number of carbonyl (C=O) groups is 2. The minimum Gasteiger partial charge on any atom is -0.462 e. The van der Waals surface area contributed by atoms with E-state index in [-0.39, 0.29) is 29.5 Å². The van der Waals surface area contributed by atoms with Gasteiger partial charge in [0.05, 0.1) is 30.2 Å². The topological polar surface area (TPSA) is 144 Å². The Morgan fingerprint density at radius 1 is 1.32 bits per heavy atom. The van der Waals surface area contributed by atoms with E-state index < -0.39 is 47.2 Å². The maximum Gasteiger partial charge on any atom is 0.342 e. The standard InChI is InChI=1S/C20H19BrFN3O6/c21-10-3-4-12(11(22)5-10)24-13-6-15(27)25-7-14(26)20(30,19(23)29)17(25)16(13)18(28)31-8-9-1-2-9/h3-6,9,14,24,26,30H,1-2,7-8H2,(H2,23,29). The van der Waals surface area contributed by atoms with Gasteiger partial charge in [-0.15, -0.1) is 0 Å². The molecule has 1 amide bonds. The number of aliphatic hydroxyl groups is 2. The van der Waals surface area contributed by atoms with Crippen molar-refractivity contribution in [1.82, 2.24) is 4.57 Å². The van der Waals surface area contributed by atoms with Crippen LogP contribution in [0.1, 0.15) is 28.9 Å². The van der Waals surface area contributed by atoms with Gasteiger partial charge in [-0.2, -0.15) is 0 Å². The van der Waals surface area contributed by atoms with Gasteiger partial charge in [-0.05, 0) is 37.0 Å². The number of hydrogen-bond donors (Lipinski definition) is 4. The molecule has 1 aromatic heterocycles. The molecule has 2 aliphatic rings. The lowest BCUT2D eigenvalue weighted by Crippen LogP contribution is -2.48. The minimum absolute atomic E-state index is 0.0649. The number of hydrogen-bond acceptors (Lipinski definition) is 7. The maximum atomic E-state index is 14.4. The number of halogens is 2. The van der Waals surface area contributed by atoms with E-state index in [1.54, 1.807) is 6.07 Å². The quantitative estimate of drug-likeness (QED) is 0.439. The van der Waals surface area contributed by atoms with Crippen LogP contribution in [-0.4, -0.2) is 39.4 Å². The summed E-state index contributed by atoms with van der Waals surface area (Å²) in [5.74, 6) is -2.75. The first-order valence-corrected chi connectivity index (χ1v) is 10.3. The summed E-state index contributed by atoms with van der Waals surface area (Å²) in [6, 6.07) is 5.11. The van der Waals surface area contributed by atoms with Crippen LogP contribution in [0.4, 0.5) is 15.8 Å². The van der Waals surface area contributed by atoms with Crippen molar-refractivity contribution in [2.75, 3.05) is 11.9 Å². The van der Waals surface area contributed by atoms with Crippen LogP contribution in [0.25, 0.3) is 0 Å². The van der Waals surface area contributed by atoms with E-state index >= 15 is 0 Å². The molecule has 2 unspecified atom stereocenters. The van der Waals surface area contributed by atoms with Crippen molar-refractivity contribution < 1.29 is 28.9 Å². The molecule has 0 bridgehead atoms. The van der Waals surface area contributed by atoms with Gasteiger partial charge in [0, 0.05) is 10.5 Å². The van der Waals surface area contributed by atoms with E-state index in [4.69, 9.17) is 10.5 Å². The summed E-state index contributed by atoms with van der Waals surface area (Å²) in [6.07, 6.45) is 0.0461. The van der Waals surface area contributed by atoms with Gasteiger partial charge < -0.3 is 30.6 Å². The summed E-state index contributed by atoms with van der Waals surface area (Å²) in [4.78, 5) is 37.7. The number of primary amides is 1. The van der Waals surface area contributed by atoms with Crippen LogP contribution >= 0.6 is 15.9 Å². The van der Waals surface area contributed by atoms with Crippen LogP contribution < -0.4 is 16.6 Å². The normalized spacial score (nSPS) is 22.1. The van der Waals surface area contributed by atoms with E-state index in [1.807, 2.05) is 0 Å². The number of aromatic nitrogens is 1. The molecule has 1 aliphatic heterocycles. The number of nitrogens with one attached hydrogen (secondary N) is 1. The molecular weight excluding hydrogens is 477 g/mol. The Kier molecular flexibility index (Phi) is 5.36. The highest BCUT2D eigenvalue weighted by molar-refractivity contribution is 9.10. The molecule has 2 aromatic rings. The minimum atomic E-state index is -2.71. The van der Waals surface area contributed by atoms with Crippen LogP contribution in [0.5, 0.6) is 0 Å². The predicted molar refractivity (Wildman–Crippen MR) is 110 cm³/mol. The fourth-order valence-electron chi connectivity index (χ4n) is 3.56. The number of nitrogens with two attached hydrogens (primary N) is 1. The highest BCUT2D eigenvalue weighted by atomic mass is 79.9. The molecule has 0 saturated heterocycles. The van der Waals surface area contributed by atoms with E-state index in [1.165, 1.54) is 12.1 Å². The van der Waals surface area contributed by atoms with Gasteiger partial charge >= 0.3 is 5.97 Å². The van der Waals surface area contributed by atoms with Gasteiger partial charge in [0.1, 0.15) is 17.5 Å². The number of fused-ring (bicyclic) bond motifs is 1. The molecule has 5 N–H and O–H groups in total. The van der Waals surface area contributed by atoms with E-state index in [0.29, 0.717) is 4.47 Å². The number of pyridine rings is 1. The predicted octanol–water partition coefficient (Wildman–Crippen LogP) is 1.11. The van der Waals surface area contributed by atoms with Gasteiger partial charge in [0.25, 0.3) is 11.5 Å². The Bertz CT molecular complexity index is 1150. The van der Waals surface area contributed by atoms with Crippen LogP contribution in [-0.2, 0) is 21.7 Å². The zero-order valence-electron chi connectivity index (χ0n) is 16.1. The third-order valence-electron chi connectivity index (χ3n) is 5.44. The molecule has 1 aromatic carbocycles. The molecule has 0 radical (unpaired) electrons. The van der Waals surface area contributed by atoms with Crippen molar-refractivity contribution >= 4 is 39.2 Å². The second-order valence-corrected chi connectivity index (χ2v) is 8.58. The van der Waals surface area contributed by atoms with Crippen molar-refractivity contribution in [2.24, 2.45) is 11.7 Å². The summed E-state index contributed by atoms with van der Waals surface area (Å²) in [7, 11) is 0. The number of rotatable bonds is 6. The summed E-state index contributed by atoms with van der Waals surface area (Å²) in [5.41, 5.74) is 0.780. The first kappa shape index (κ1) is 21.5. The van der Waals surface area contributed by atoms with Gasteiger partial charge in [0.2, 0.25) is 5.60 Å². The highest BCUT2D eigenvalue weighted by Crippen LogP contribution is 2.38. The lowest BCUT2D eigenvalue weighted by molar-refractivity contribution is -0.148. The third kappa shape index (κ3) is 3.73. The summed E-state index contributed by atoms with van der Waals surface area (Å²) in [5, 5.41) is 23.9. The van der Waals surface area contributed by atoms with E-state index in [0.717, 1.165) is 23.5 Å². The molecule has 2 atom stereocenters. The summed E-state index contributed by atoms with van der Waals surface area (Å²) < 4.78 is 21.1. The molecule has 2 heterocycles. The van der Waals surface area contributed by atoms with Crippen molar-refractivity contribution in [2.45, 2.75) is 31.1 Å².